The number of nitrogens with zero attached hydrogens (tertiary/aromatic N) is 1. The van der Waals surface area contributed by atoms with Crippen molar-refractivity contribution >= 4 is 28.6 Å². The lowest BCUT2D eigenvalue weighted by atomic mass is 9.86. The molecule has 1 aliphatic rings. The summed E-state index contributed by atoms with van der Waals surface area (Å²) in [5, 5.41) is 15.8. The van der Waals surface area contributed by atoms with E-state index in [1.807, 2.05) is 18.3 Å². The third kappa shape index (κ3) is 4.40. The standard InChI is InChI=1S/C17H22N2O2S2/c1-11-19-15(10-22-11)16-7-6-14(23-16)8-9-18-13-4-2-12(3-5-13)17(20)21/h6-7,10,12-13,18H,2-5,8-9H2,1H3,(H,20,21). The Bertz CT molecular complexity index is 657. The number of aromatic nitrogens is 1. The summed E-state index contributed by atoms with van der Waals surface area (Å²) < 4.78 is 0. The van der Waals surface area contributed by atoms with Crippen LogP contribution in [0.3, 0.4) is 0 Å². The summed E-state index contributed by atoms with van der Waals surface area (Å²) in [5.41, 5.74) is 1.09. The maximum absolute atomic E-state index is 11.0. The van der Waals surface area contributed by atoms with Crippen molar-refractivity contribution in [1.29, 1.82) is 0 Å². The Morgan fingerprint density at radius 2 is 2.13 bits per heavy atom. The third-order valence-electron chi connectivity index (χ3n) is 4.41. The highest BCUT2D eigenvalue weighted by Crippen LogP contribution is 2.29. The van der Waals surface area contributed by atoms with Gasteiger partial charge in [0.15, 0.2) is 0 Å². The predicted molar refractivity (Wildman–Crippen MR) is 95.3 cm³/mol. The van der Waals surface area contributed by atoms with Crippen LogP contribution in [0.15, 0.2) is 17.5 Å². The molecule has 0 aromatic carbocycles. The minimum absolute atomic E-state index is 0.130. The fourth-order valence-electron chi connectivity index (χ4n) is 3.07. The van der Waals surface area contributed by atoms with Gasteiger partial charge in [-0.05, 0) is 51.2 Å². The van der Waals surface area contributed by atoms with Crippen LogP contribution in [0.4, 0.5) is 0 Å². The summed E-state index contributed by atoms with van der Waals surface area (Å²) in [5.74, 6) is -0.763. The molecule has 0 amide bonds. The van der Waals surface area contributed by atoms with Crippen LogP contribution in [0, 0.1) is 12.8 Å². The molecule has 0 spiro atoms. The van der Waals surface area contributed by atoms with Crippen molar-refractivity contribution < 1.29 is 9.90 Å². The summed E-state index contributed by atoms with van der Waals surface area (Å²) in [6.45, 7) is 2.99. The molecule has 1 aliphatic carbocycles. The third-order valence-corrected chi connectivity index (χ3v) is 6.35. The van der Waals surface area contributed by atoms with E-state index in [2.05, 4.69) is 27.8 Å². The highest BCUT2D eigenvalue weighted by atomic mass is 32.1. The first-order valence-corrected chi connectivity index (χ1v) is 9.79. The van der Waals surface area contributed by atoms with Gasteiger partial charge in [-0.3, -0.25) is 4.79 Å². The second-order valence-corrected chi connectivity index (χ2v) is 8.34. The van der Waals surface area contributed by atoms with Crippen molar-refractivity contribution in [3.63, 3.8) is 0 Å². The fraction of sp³-hybridized carbons (Fsp3) is 0.529. The Balaban J connectivity index is 1.43. The number of hydrogen-bond donors (Lipinski definition) is 2. The minimum atomic E-state index is -0.633. The Labute approximate surface area is 144 Å². The molecule has 1 saturated carbocycles. The van der Waals surface area contributed by atoms with Crippen molar-refractivity contribution in [3.05, 3.63) is 27.4 Å². The van der Waals surface area contributed by atoms with Crippen LogP contribution >= 0.6 is 22.7 Å². The molecule has 2 N–H and O–H groups in total. The lowest BCUT2D eigenvalue weighted by Crippen LogP contribution is -2.35. The van der Waals surface area contributed by atoms with Gasteiger partial charge in [0.25, 0.3) is 0 Å². The molecule has 0 aliphatic heterocycles. The number of rotatable bonds is 6. The number of carboxylic acids is 1. The van der Waals surface area contributed by atoms with E-state index in [0.717, 1.165) is 49.4 Å². The van der Waals surface area contributed by atoms with Crippen molar-refractivity contribution in [2.24, 2.45) is 5.92 Å². The molecule has 2 heterocycles. The molecule has 4 nitrogen and oxygen atoms in total. The second kappa shape index (κ2) is 7.55. The zero-order valence-electron chi connectivity index (χ0n) is 13.2. The summed E-state index contributed by atoms with van der Waals surface area (Å²) in [6, 6.07) is 4.83. The zero-order chi connectivity index (χ0) is 16.2. The van der Waals surface area contributed by atoms with Crippen molar-refractivity contribution in [2.45, 2.75) is 45.1 Å². The van der Waals surface area contributed by atoms with Crippen LogP contribution in [0.25, 0.3) is 10.6 Å². The number of thiazole rings is 1. The van der Waals surface area contributed by atoms with Crippen LogP contribution in [0.1, 0.15) is 35.6 Å². The minimum Gasteiger partial charge on any atom is -0.481 e. The quantitative estimate of drug-likeness (QED) is 0.828. The van der Waals surface area contributed by atoms with E-state index in [4.69, 9.17) is 5.11 Å². The van der Waals surface area contributed by atoms with E-state index < -0.39 is 5.97 Å². The summed E-state index contributed by atoms with van der Waals surface area (Å²) in [6.07, 6.45) is 4.58. The second-order valence-electron chi connectivity index (χ2n) is 6.11. The van der Waals surface area contributed by atoms with E-state index >= 15 is 0 Å². The molecule has 3 rings (SSSR count). The molecule has 2 aromatic heterocycles. The molecule has 0 atom stereocenters. The number of thiophene rings is 1. The van der Waals surface area contributed by atoms with E-state index in [9.17, 15) is 4.79 Å². The molecule has 0 unspecified atom stereocenters. The highest BCUT2D eigenvalue weighted by molar-refractivity contribution is 7.16. The molecule has 6 heteroatoms. The molecule has 2 aromatic rings. The van der Waals surface area contributed by atoms with Crippen LogP contribution in [0.2, 0.25) is 0 Å². The molecule has 1 fully saturated rings. The lowest BCUT2D eigenvalue weighted by molar-refractivity contribution is -0.142. The largest absolute Gasteiger partial charge is 0.481 e. The van der Waals surface area contributed by atoms with Crippen LogP contribution in [0.5, 0.6) is 0 Å². The van der Waals surface area contributed by atoms with Gasteiger partial charge in [0.1, 0.15) is 0 Å². The zero-order valence-corrected chi connectivity index (χ0v) is 14.9. The monoisotopic (exact) mass is 350 g/mol. The van der Waals surface area contributed by atoms with Gasteiger partial charge in [-0.1, -0.05) is 0 Å². The van der Waals surface area contributed by atoms with Gasteiger partial charge in [0.05, 0.1) is 21.5 Å². The Kier molecular flexibility index (Phi) is 5.46. The number of aliphatic carboxylic acids is 1. The fourth-order valence-corrected chi connectivity index (χ4v) is 4.73. The van der Waals surface area contributed by atoms with Crippen LogP contribution in [-0.4, -0.2) is 28.6 Å². The topological polar surface area (TPSA) is 62.2 Å². The SMILES string of the molecule is Cc1nc(-c2ccc(CCNC3CCC(C(=O)O)CC3)s2)cs1. The van der Waals surface area contributed by atoms with E-state index in [-0.39, 0.29) is 5.92 Å². The van der Waals surface area contributed by atoms with Gasteiger partial charge >= 0.3 is 5.97 Å². The first-order valence-electron chi connectivity index (χ1n) is 8.09. The molecular formula is C17H22N2O2S2. The number of hydrogen-bond acceptors (Lipinski definition) is 5. The molecular weight excluding hydrogens is 328 g/mol. The van der Waals surface area contributed by atoms with Crippen molar-refractivity contribution in [3.8, 4) is 10.6 Å². The molecule has 124 valence electrons. The van der Waals surface area contributed by atoms with Gasteiger partial charge < -0.3 is 10.4 Å². The summed E-state index contributed by atoms with van der Waals surface area (Å²) in [7, 11) is 0. The van der Waals surface area contributed by atoms with E-state index in [1.54, 1.807) is 11.3 Å². The van der Waals surface area contributed by atoms with Crippen molar-refractivity contribution in [2.75, 3.05) is 6.54 Å². The van der Waals surface area contributed by atoms with Crippen LogP contribution in [-0.2, 0) is 11.2 Å². The molecule has 23 heavy (non-hydrogen) atoms. The highest BCUT2D eigenvalue weighted by Gasteiger charge is 2.25. The maximum atomic E-state index is 11.0. The predicted octanol–water partition coefficient (Wildman–Crippen LogP) is 3.96. The smallest absolute Gasteiger partial charge is 0.306 e. The summed E-state index contributed by atoms with van der Waals surface area (Å²) in [4.78, 5) is 18.1. The first kappa shape index (κ1) is 16.6. The number of aryl methyl sites for hydroxylation is 1. The number of carbonyl (C=O) groups is 1. The maximum Gasteiger partial charge on any atom is 0.306 e. The average molecular weight is 351 g/mol. The Hall–Kier alpha value is -1.24. The van der Waals surface area contributed by atoms with Crippen molar-refractivity contribution in [1.82, 2.24) is 10.3 Å². The number of carboxylic acid groups (broad SMARTS) is 1. The normalized spacial score (nSPS) is 21.4. The Morgan fingerprint density at radius 3 is 2.78 bits per heavy atom. The van der Waals surface area contributed by atoms with Gasteiger partial charge in [0, 0.05) is 22.8 Å². The molecule has 0 saturated heterocycles. The Morgan fingerprint density at radius 1 is 1.35 bits per heavy atom. The van der Waals surface area contributed by atoms with Gasteiger partial charge in [0.2, 0.25) is 0 Å². The number of nitrogens with one attached hydrogen (secondary N) is 1. The van der Waals surface area contributed by atoms with Gasteiger partial charge in [-0.15, -0.1) is 22.7 Å². The van der Waals surface area contributed by atoms with E-state index in [1.165, 1.54) is 9.75 Å². The van der Waals surface area contributed by atoms with Gasteiger partial charge in [-0.25, -0.2) is 4.98 Å². The molecule has 0 radical (unpaired) electrons. The average Bonchev–Trinajstić information content (AvgIpc) is 3.17. The van der Waals surface area contributed by atoms with Gasteiger partial charge in [-0.2, -0.15) is 0 Å². The first-order chi connectivity index (χ1) is 11.1. The lowest BCUT2D eigenvalue weighted by Gasteiger charge is -2.26. The van der Waals surface area contributed by atoms with E-state index in [0.29, 0.717) is 6.04 Å². The summed E-state index contributed by atoms with van der Waals surface area (Å²) >= 11 is 3.51. The van der Waals surface area contributed by atoms with Crippen LogP contribution < -0.4 is 5.32 Å². The molecule has 0 bridgehead atoms.